The van der Waals surface area contributed by atoms with Crippen LogP contribution in [-0.2, 0) is 9.53 Å². The lowest BCUT2D eigenvalue weighted by molar-refractivity contribution is -0.174. The summed E-state index contributed by atoms with van der Waals surface area (Å²) in [7, 11) is 0. The molecule has 1 unspecified atom stereocenters. The van der Waals surface area contributed by atoms with Crippen LogP contribution in [-0.4, -0.2) is 23.3 Å². The molecule has 0 spiro atoms. The molecule has 0 aliphatic heterocycles. The summed E-state index contributed by atoms with van der Waals surface area (Å²) >= 11 is 0. The molecule has 100 valence electrons. The molecule has 17 heavy (non-hydrogen) atoms. The van der Waals surface area contributed by atoms with Crippen LogP contribution < -0.4 is 0 Å². The number of ether oxygens (including phenoxy) is 1. The molecule has 0 saturated heterocycles. The second-order valence-electron chi connectivity index (χ2n) is 5.94. The highest BCUT2D eigenvalue weighted by Gasteiger charge is 2.45. The van der Waals surface area contributed by atoms with Crippen molar-refractivity contribution in [2.75, 3.05) is 6.61 Å². The molecule has 0 aromatic rings. The van der Waals surface area contributed by atoms with Gasteiger partial charge < -0.3 is 9.84 Å². The quantitative estimate of drug-likeness (QED) is 0.771. The Morgan fingerprint density at radius 1 is 1.35 bits per heavy atom. The SMILES string of the molecule is CCOC(=O)C(O)(CC)C1CCC(C)(C)CC1. The number of aliphatic hydroxyl groups is 1. The highest BCUT2D eigenvalue weighted by atomic mass is 16.5. The molecule has 0 bridgehead atoms. The van der Waals surface area contributed by atoms with Gasteiger partial charge in [0.25, 0.3) is 0 Å². The Morgan fingerprint density at radius 3 is 2.29 bits per heavy atom. The number of hydrogen-bond acceptors (Lipinski definition) is 3. The van der Waals surface area contributed by atoms with Crippen LogP contribution >= 0.6 is 0 Å². The highest BCUT2D eigenvalue weighted by molar-refractivity contribution is 5.79. The van der Waals surface area contributed by atoms with Crippen LogP contribution in [0.25, 0.3) is 0 Å². The van der Waals surface area contributed by atoms with E-state index in [0.29, 0.717) is 18.4 Å². The van der Waals surface area contributed by atoms with Crippen molar-refractivity contribution < 1.29 is 14.6 Å². The zero-order chi connectivity index (χ0) is 13.1. The van der Waals surface area contributed by atoms with Gasteiger partial charge in [-0.2, -0.15) is 0 Å². The first-order chi connectivity index (χ1) is 7.85. The van der Waals surface area contributed by atoms with Crippen molar-refractivity contribution in [3.63, 3.8) is 0 Å². The maximum absolute atomic E-state index is 11.9. The van der Waals surface area contributed by atoms with Crippen LogP contribution in [0.4, 0.5) is 0 Å². The number of rotatable bonds is 4. The van der Waals surface area contributed by atoms with Gasteiger partial charge >= 0.3 is 5.97 Å². The van der Waals surface area contributed by atoms with E-state index < -0.39 is 11.6 Å². The Labute approximate surface area is 105 Å². The van der Waals surface area contributed by atoms with Crippen molar-refractivity contribution in [3.05, 3.63) is 0 Å². The van der Waals surface area contributed by atoms with E-state index in [1.165, 1.54) is 0 Å². The summed E-state index contributed by atoms with van der Waals surface area (Å²) in [4.78, 5) is 11.9. The Hall–Kier alpha value is -0.570. The molecule has 1 aliphatic rings. The second-order valence-corrected chi connectivity index (χ2v) is 5.94. The van der Waals surface area contributed by atoms with Crippen LogP contribution in [0.15, 0.2) is 0 Å². The van der Waals surface area contributed by atoms with Gasteiger partial charge in [0.1, 0.15) is 0 Å². The van der Waals surface area contributed by atoms with E-state index in [2.05, 4.69) is 13.8 Å². The minimum atomic E-state index is -1.27. The summed E-state index contributed by atoms with van der Waals surface area (Å²) in [5.41, 5.74) is -0.924. The smallest absolute Gasteiger partial charge is 0.338 e. The fourth-order valence-corrected chi connectivity index (χ4v) is 2.73. The van der Waals surface area contributed by atoms with E-state index >= 15 is 0 Å². The molecule has 0 heterocycles. The number of hydrogen-bond donors (Lipinski definition) is 1. The number of esters is 1. The molecule has 0 amide bonds. The predicted octanol–water partition coefficient (Wildman–Crippen LogP) is 2.91. The maximum atomic E-state index is 11.9. The van der Waals surface area contributed by atoms with Crippen LogP contribution in [0.2, 0.25) is 0 Å². The fraction of sp³-hybridized carbons (Fsp3) is 0.929. The lowest BCUT2D eigenvalue weighted by atomic mass is 9.67. The Morgan fingerprint density at radius 2 is 1.88 bits per heavy atom. The van der Waals surface area contributed by atoms with Crippen molar-refractivity contribution >= 4 is 5.97 Å². The van der Waals surface area contributed by atoms with Crippen LogP contribution in [0.1, 0.15) is 59.8 Å². The van der Waals surface area contributed by atoms with Crippen LogP contribution in [0.3, 0.4) is 0 Å². The molecule has 1 atom stereocenters. The molecule has 3 heteroatoms. The molecule has 1 rings (SSSR count). The third-order valence-corrected chi connectivity index (χ3v) is 4.18. The highest BCUT2D eigenvalue weighted by Crippen LogP contribution is 2.43. The predicted molar refractivity (Wildman–Crippen MR) is 67.6 cm³/mol. The first-order valence-corrected chi connectivity index (χ1v) is 6.75. The third kappa shape index (κ3) is 3.21. The van der Waals surface area contributed by atoms with Gasteiger partial charge in [0, 0.05) is 0 Å². The van der Waals surface area contributed by atoms with Gasteiger partial charge in [-0.05, 0) is 50.4 Å². The van der Waals surface area contributed by atoms with Gasteiger partial charge in [-0.3, -0.25) is 0 Å². The van der Waals surface area contributed by atoms with Gasteiger partial charge in [-0.1, -0.05) is 20.8 Å². The lowest BCUT2D eigenvalue weighted by Crippen LogP contribution is -2.48. The average Bonchev–Trinajstić information content (AvgIpc) is 2.28. The van der Waals surface area contributed by atoms with Gasteiger partial charge in [0.2, 0.25) is 0 Å². The monoisotopic (exact) mass is 242 g/mol. The van der Waals surface area contributed by atoms with Crippen molar-refractivity contribution in [1.82, 2.24) is 0 Å². The Kier molecular flexibility index (Phi) is 4.59. The average molecular weight is 242 g/mol. The lowest BCUT2D eigenvalue weighted by Gasteiger charge is -2.41. The van der Waals surface area contributed by atoms with Gasteiger partial charge in [-0.25, -0.2) is 4.79 Å². The van der Waals surface area contributed by atoms with Crippen molar-refractivity contribution in [3.8, 4) is 0 Å². The Bertz CT molecular complexity index is 263. The molecule has 1 saturated carbocycles. The molecule has 0 radical (unpaired) electrons. The maximum Gasteiger partial charge on any atom is 0.338 e. The van der Waals surface area contributed by atoms with Gasteiger partial charge in [0.15, 0.2) is 5.60 Å². The van der Waals surface area contributed by atoms with Crippen LogP contribution in [0.5, 0.6) is 0 Å². The van der Waals surface area contributed by atoms with E-state index in [0.717, 1.165) is 25.7 Å². The zero-order valence-electron chi connectivity index (χ0n) is 11.6. The normalized spacial score (nSPS) is 24.1. The van der Waals surface area contributed by atoms with E-state index in [1.54, 1.807) is 6.92 Å². The molecule has 3 nitrogen and oxygen atoms in total. The summed E-state index contributed by atoms with van der Waals surface area (Å²) in [5, 5.41) is 10.5. The first-order valence-electron chi connectivity index (χ1n) is 6.75. The van der Waals surface area contributed by atoms with Crippen molar-refractivity contribution in [2.24, 2.45) is 11.3 Å². The van der Waals surface area contributed by atoms with Crippen molar-refractivity contribution in [2.45, 2.75) is 65.4 Å². The molecule has 1 aliphatic carbocycles. The molecule has 1 fully saturated rings. The molecule has 0 aromatic carbocycles. The van der Waals surface area contributed by atoms with E-state index in [4.69, 9.17) is 4.74 Å². The molecule has 0 aromatic heterocycles. The molecular formula is C14H26O3. The molecular weight excluding hydrogens is 216 g/mol. The minimum absolute atomic E-state index is 0.0552. The summed E-state index contributed by atoms with van der Waals surface area (Å²) in [5.74, 6) is -0.383. The second kappa shape index (κ2) is 5.38. The van der Waals surface area contributed by atoms with E-state index in [1.807, 2.05) is 6.92 Å². The summed E-state index contributed by atoms with van der Waals surface area (Å²) in [6.45, 7) is 8.46. The molecule has 1 N–H and O–H groups in total. The summed E-state index contributed by atoms with van der Waals surface area (Å²) < 4.78 is 5.01. The van der Waals surface area contributed by atoms with Crippen LogP contribution in [0, 0.1) is 11.3 Å². The summed E-state index contributed by atoms with van der Waals surface area (Å²) in [6, 6.07) is 0. The minimum Gasteiger partial charge on any atom is -0.464 e. The van der Waals surface area contributed by atoms with Gasteiger partial charge in [0.05, 0.1) is 6.61 Å². The Balaban J connectivity index is 2.71. The standard InChI is InChI=1S/C14H26O3/c1-5-14(16,12(15)17-6-2)11-7-9-13(3,4)10-8-11/h11,16H,5-10H2,1-4H3. The van der Waals surface area contributed by atoms with E-state index in [-0.39, 0.29) is 5.92 Å². The largest absolute Gasteiger partial charge is 0.464 e. The third-order valence-electron chi connectivity index (χ3n) is 4.18. The zero-order valence-corrected chi connectivity index (χ0v) is 11.6. The number of carbonyl (C=O) groups excluding carboxylic acids is 1. The summed E-state index contributed by atoms with van der Waals surface area (Å²) in [6.07, 6.45) is 4.40. The van der Waals surface area contributed by atoms with Gasteiger partial charge in [-0.15, -0.1) is 0 Å². The fourth-order valence-electron chi connectivity index (χ4n) is 2.73. The topological polar surface area (TPSA) is 46.5 Å². The van der Waals surface area contributed by atoms with Crippen molar-refractivity contribution in [1.29, 1.82) is 0 Å². The number of carbonyl (C=O) groups is 1. The first kappa shape index (κ1) is 14.5. The van der Waals surface area contributed by atoms with E-state index in [9.17, 15) is 9.90 Å².